The molecule has 0 spiro atoms. The van der Waals surface area contributed by atoms with Crippen LogP contribution in [0.5, 0.6) is 5.88 Å². The first-order valence-electron chi connectivity index (χ1n) is 5.73. The van der Waals surface area contributed by atoms with E-state index in [1.807, 2.05) is 0 Å². The molecule has 7 heteroatoms. The van der Waals surface area contributed by atoms with Crippen molar-refractivity contribution in [3.05, 3.63) is 17.3 Å². The van der Waals surface area contributed by atoms with E-state index in [2.05, 4.69) is 15.1 Å². The maximum absolute atomic E-state index is 7.68. The lowest BCUT2D eigenvalue weighted by molar-refractivity contribution is 0.0693. The van der Waals surface area contributed by atoms with Gasteiger partial charge in [0.2, 0.25) is 5.88 Å². The van der Waals surface area contributed by atoms with Crippen LogP contribution in [-0.2, 0) is 9.47 Å². The van der Waals surface area contributed by atoms with E-state index in [4.69, 9.17) is 27.2 Å². The van der Waals surface area contributed by atoms with Crippen LogP contribution in [0, 0.1) is 0 Å². The highest BCUT2D eigenvalue weighted by molar-refractivity contribution is 6.29. The molecule has 1 aromatic rings. The van der Waals surface area contributed by atoms with Crippen LogP contribution in [-0.4, -0.2) is 53.9 Å². The molecule has 0 amide bonds. The largest absolute Gasteiger partial charge is 0.474 e. The summed E-state index contributed by atoms with van der Waals surface area (Å²) in [5.41, 5.74) is -0.270. The van der Waals surface area contributed by atoms with Gasteiger partial charge >= 0.3 is 0 Å². The van der Waals surface area contributed by atoms with Crippen LogP contribution in [0.1, 0.15) is 1.37 Å². The van der Waals surface area contributed by atoms with Crippen molar-refractivity contribution >= 4 is 11.6 Å². The van der Waals surface area contributed by atoms with Gasteiger partial charge < -0.3 is 14.2 Å². The van der Waals surface area contributed by atoms with E-state index in [0.717, 1.165) is 0 Å². The van der Waals surface area contributed by atoms with E-state index < -0.39 is 0 Å². The van der Waals surface area contributed by atoms with Crippen molar-refractivity contribution in [1.82, 2.24) is 15.1 Å². The van der Waals surface area contributed by atoms with Gasteiger partial charge in [-0.3, -0.25) is 0 Å². The third kappa shape index (κ3) is 2.09. The smallest absolute Gasteiger partial charge is 0.233 e. The Morgan fingerprint density at radius 3 is 2.94 bits per heavy atom. The van der Waals surface area contributed by atoms with Gasteiger partial charge in [0.1, 0.15) is 25.6 Å². The molecule has 6 nitrogen and oxygen atoms in total. The fourth-order valence-electron chi connectivity index (χ4n) is 1.95. The molecule has 2 aliphatic rings. The lowest BCUT2D eigenvalue weighted by atomic mass is 10.0. The summed E-state index contributed by atoms with van der Waals surface area (Å²) in [6.07, 6.45) is 0. The van der Waals surface area contributed by atoms with Gasteiger partial charge in [0.25, 0.3) is 0 Å². The third-order valence-corrected chi connectivity index (χ3v) is 3.12. The fourth-order valence-corrected chi connectivity index (χ4v) is 2.04. The number of nitrogens with zero attached hydrogens (tertiary/aromatic N) is 3. The molecule has 0 radical (unpaired) electrons. The standard InChI is InChI=1S/C10H12ClN3O3/c11-8-1-2-9(13-12-8)17-5-10-3-15-6-14(10)7-16-4-10/h1-2H,3-7H2/i2D. The first kappa shape index (κ1) is 10.0. The van der Waals surface area contributed by atoms with Gasteiger partial charge in [0.05, 0.1) is 14.6 Å². The summed E-state index contributed by atoms with van der Waals surface area (Å²) in [5, 5.41) is 7.60. The van der Waals surface area contributed by atoms with Crippen LogP contribution in [0.15, 0.2) is 12.1 Å². The van der Waals surface area contributed by atoms with Gasteiger partial charge in [0.15, 0.2) is 5.15 Å². The van der Waals surface area contributed by atoms with Crippen molar-refractivity contribution < 1.29 is 15.6 Å². The van der Waals surface area contributed by atoms with E-state index in [0.29, 0.717) is 33.3 Å². The molecule has 3 heterocycles. The predicted molar refractivity (Wildman–Crippen MR) is 58.7 cm³/mol. The molecule has 0 bridgehead atoms. The fraction of sp³-hybridized carbons (Fsp3) is 0.600. The molecule has 17 heavy (non-hydrogen) atoms. The Hall–Kier alpha value is -0.950. The molecule has 0 unspecified atom stereocenters. The summed E-state index contributed by atoms with van der Waals surface area (Å²) < 4.78 is 24.1. The van der Waals surface area contributed by atoms with E-state index in [1.54, 1.807) is 0 Å². The average Bonchev–Trinajstić information content (AvgIpc) is 2.87. The monoisotopic (exact) mass is 258 g/mol. The summed E-state index contributed by atoms with van der Waals surface area (Å²) in [6.45, 7) is 2.56. The number of aromatic nitrogens is 2. The Morgan fingerprint density at radius 1 is 1.47 bits per heavy atom. The number of rotatable bonds is 3. The first-order chi connectivity index (χ1) is 8.70. The molecule has 0 atom stereocenters. The summed E-state index contributed by atoms with van der Waals surface area (Å²) >= 11 is 5.63. The van der Waals surface area contributed by atoms with Gasteiger partial charge in [-0.2, -0.15) is 0 Å². The van der Waals surface area contributed by atoms with Crippen molar-refractivity contribution in [2.45, 2.75) is 5.54 Å². The zero-order valence-corrected chi connectivity index (χ0v) is 9.81. The van der Waals surface area contributed by atoms with Gasteiger partial charge in [-0.1, -0.05) is 11.6 Å². The van der Waals surface area contributed by atoms with Gasteiger partial charge in [0, 0.05) is 6.04 Å². The second-order valence-electron chi connectivity index (χ2n) is 4.12. The van der Waals surface area contributed by atoms with E-state index in [9.17, 15) is 0 Å². The van der Waals surface area contributed by atoms with E-state index in [-0.39, 0.29) is 22.6 Å². The highest BCUT2D eigenvalue weighted by Crippen LogP contribution is 2.28. The normalized spacial score (nSPS) is 23.5. The van der Waals surface area contributed by atoms with Gasteiger partial charge in [-0.15, -0.1) is 10.2 Å². The van der Waals surface area contributed by atoms with E-state index in [1.165, 1.54) is 6.07 Å². The van der Waals surface area contributed by atoms with Crippen molar-refractivity contribution in [3.8, 4) is 5.88 Å². The Bertz CT molecular complexity index is 452. The minimum absolute atomic E-state index is 0.121. The van der Waals surface area contributed by atoms with Crippen molar-refractivity contribution in [2.24, 2.45) is 0 Å². The molecule has 3 rings (SSSR count). The summed E-state index contributed by atoms with van der Waals surface area (Å²) in [6, 6.07) is 1.52. The molecule has 2 fully saturated rings. The maximum atomic E-state index is 7.68. The molecule has 92 valence electrons. The molecule has 1 aromatic heterocycles. The highest BCUT2D eigenvalue weighted by Gasteiger charge is 2.47. The second kappa shape index (κ2) is 4.38. The second-order valence-corrected chi connectivity index (χ2v) is 4.51. The average molecular weight is 259 g/mol. The molecule has 2 saturated heterocycles. The predicted octanol–water partition coefficient (Wildman–Crippen LogP) is 0.525. The SMILES string of the molecule is [2H]c1cc(Cl)nnc1OCC12COCN1COC2. The summed E-state index contributed by atoms with van der Waals surface area (Å²) in [4.78, 5) is 2.07. The molecule has 0 N–H and O–H groups in total. The lowest BCUT2D eigenvalue weighted by Gasteiger charge is -2.26. The van der Waals surface area contributed by atoms with Crippen LogP contribution in [0.3, 0.4) is 0 Å². The van der Waals surface area contributed by atoms with Crippen LogP contribution >= 0.6 is 11.6 Å². The highest BCUT2D eigenvalue weighted by atomic mass is 35.5. The summed E-state index contributed by atoms with van der Waals surface area (Å²) in [7, 11) is 0. The Balaban J connectivity index is 1.70. The molecular weight excluding hydrogens is 246 g/mol. The zero-order valence-electron chi connectivity index (χ0n) is 10.1. The molecule has 0 aliphatic carbocycles. The molecule has 2 aliphatic heterocycles. The van der Waals surface area contributed by atoms with Crippen molar-refractivity contribution in [3.63, 3.8) is 0 Å². The van der Waals surface area contributed by atoms with Crippen LogP contribution in [0.4, 0.5) is 0 Å². The topological polar surface area (TPSA) is 56.7 Å². The summed E-state index contributed by atoms with van der Waals surface area (Å²) in [5.74, 6) is 0.174. The Labute approximate surface area is 105 Å². The maximum Gasteiger partial charge on any atom is 0.233 e. The number of fused-ring (bicyclic) bond motifs is 1. The minimum atomic E-state index is -0.270. The first-order valence-corrected chi connectivity index (χ1v) is 5.61. The van der Waals surface area contributed by atoms with Gasteiger partial charge in [-0.05, 0) is 6.07 Å². The number of halogens is 1. The van der Waals surface area contributed by atoms with Crippen molar-refractivity contribution in [2.75, 3.05) is 33.3 Å². The van der Waals surface area contributed by atoms with Crippen molar-refractivity contribution in [1.29, 1.82) is 0 Å². The van der Waals surface area contributed by atoms with Crippen LogP contribution in [0.25, 0.3) is 0 Å². The quantitative estimate of drug-likeness (QED) is 0.788. The number of hydrogen-bond acceptors (Lipinski definition) is 6. The zero-order chi connectivity index (χ0) is 12.6. The molecule has 0 aromatic carbocycles. The number of hydrogen-bond donors (Lipinski definition) is 0. The Morgan fingerprint density at radius 2 is 2.24 bits per heavy atom. The molecule has 0 saturated carbocycles. The van der Waals surface area contributed by atoms with Gasteiger partial charge in [-0.25, -0.2) is 4.90 Å². The molecular formula is C10H12ClN3O3. The van der Waals surface area contributed by atoms with E-state index >= 15 is 0 Å². The van der Waals surface area contributed by atoms with Crippen LogP contribution in [0.2, 0.25) is 5.15 Å². The lowest BCUT2D eigenvalue weighted by Crippen LogP contribution is -2.48. The number of ether oxygens (including phenoxy) is 3. The third-order valence-electron chi connectivity index (χ3n) is 2.94. The minimum Gasteiger partial charge on any atom is -0.474 e. The Kier molecular flexibility index (Phi) is 2.58. The van der Waals surface area contributed by atoms with Crippen LogP contribution < -0.4 is 4.74 Å².